The van der Waals surface area contributed by atoms with Crippen molar-refractivity contribution in [2.45, 2.75) is 12.5 Å². The van der Waals surface area contributed by atoms with Gasteiger partial charge in [0.1, 0.15) is 0 Å². The van der Waals surface area contributed by atoms with Crippen LogP contribution in [0.3, 0.4) is 0 Å². The predicted molar refractivity (Wildman–Crippen MR) is 70.3 cm³/mol. The second-order valence-electron chi connectivity index (χ2n) is 4.23. The van der Waals surface area contributed by atoms with Gasteiger partial charge in [0, 0.05) is 12.1 Å². The van der Waals surface area contributed by atoms with Crippen LogP contribution in [0.2, 0.25) is 0 Å². The van der Waals surface area contributed by atoms with E-state index in [2.05, 4.69) is 9.47 Å². The molecule has 0 aliphatic heterocycles. The van der Waals surface area contributed by atoms with Crippen molar-refractivity contribution in [3.63, 3.8) is 0 Å². The number of nitrogens with zero attached hydrogens (tertiary/aromatic N) is 1. The molecule has 21 heavy (non-hydrogen) atoms. The van der Waals surface area contributed by atoms with E-state index >= 15 is 0 Å². The standard InChI is InChI=1S/C13H15NO7/c1-20-12(16)10(11(15)13(17)21-2)7-8-3-5-9(6-4-8)14(18)19/h3-6,10-11,15H,7H2,1-2H3/t10-,11+/m1/s1. The van der Waals surface area contributed by atoms with Gasteiger partial charge in [0.05, 0.1) is 25.1 Å². The molecule has 0 aromatic heterocycles. The normalized spacial score (nSPS) is 13.1. The minimum absolute atomic E-state index is 0.0130. The molecule has 0 saturated carbocycles. The van der Waals surface area contributed by atoms with Crippen molar-refractivity contribution in [1.29, 1.82) is 0 Å². The number of carbonyl (C=O) groups is 2. The SMILES string of the molecule is COC(=O)[C@@H](O)[C@@H](Cc1ccc([N+](=O)[O-])cc1)C(=O)OC. The molecule has 0 radical (unpaired) electrons. The number of hydrogen-bond acceptors (Lipinski definition) is 7. The van der Waals surface area contributed by atoms with Crippen LogP contribution in [0, 0.1) is 16.0 Å². The Morgan fingerprint density at radius 3 is 2.14 bits per heavy atom. The van der Waals surface area contributed by atoms with Crippen molar-refractivity contribution >= 4 is 17.6 Å². The van der Waals surface area contributed by atoms with E-state index in [1.54, 1.807) is 0 Å². The van der Waals surface area contributed by atoms with Crippen LogP contribution in [0.15, 0.2) is 24.3 Å². The van der Waals surface area contributed by atoms with Gasteiger partial charge in [-0.15, -0.1) is 0 Å². The van der Waals surface area contributed by atoms with Gasteiger partial charge in [-0.25, -0.2) is 4.79 Å². The Morgan fingerprint density at radius 2 is 1.71 bits per heavy atom. The van der Waals surface area contributed by atoms with Crippen LogP contribution in [-0.2, 0) is 25.5 Å². The summed E-state index contributed by atoms with van der Waals surface area (Å²) in [5.41, 5.74) is 0.445. The Labute approximate surface area is 120 Å². The highest BCUT2D eigenvalue weighted by Gasteiger charge is 2.34. The second-order valence-corrected chi connectivity index (χ2v) is 4.23. The zero-order valence-electron chi connectivity index (χ0n) is 11.5. The van der Waals surface area contributed by atoms with E-state index in [-0.39, 0.29) is 12.1 Å². The first-order chi connectivity index (χ1) is 9.90. The maximum absolute atomic E-state index is 11.7. The highest BCUT2D eigenvalue weighted by Crippen LogP contribution is 2.18. The number of ether oxygens (including phenoxy) is 2. The molecule has 0 heterocycles. The van der Waals surface area contributed by atoms with E-state index in [0.29, 0.717) is 5.56 Å². The van der Waals surface area contributed by atoms with Crippen LogP contribution in [0.25, 0.3) is 0 Å². The van der Waals surface area contributed by atoms with E-state index in [1.165, 1.54) is 24.3 Å². The first-order valence-corrected chi connectivity index (χ1v) is 5.97. The average molecular weight is 297 g/mol. The molecule has 1 N–H and O–H groups in total. The number of methoxy groups -OCH3 is 2. The highest BCUT2D eigenvalue weighted by atomic mass is 16.6. The molecule has 2 atom stereocenters. The van der Waals surface area contributed by atoms with Crippen molar-refractivity contribution < 1.29 is 29.1 Å². The van der Waals surface area contributed by atoms with Gasteiger partial charge >= 0.3 is 11.9 Å². The maximum Gasteiger partial charge on any atom is 0.335 e. The molecule has 1 rings (SSSR count). The summed E-state index contributed by atoms with van der Waals surface area (Å²) < 4.78 is 8.94. The number of nitro benzene ring substituents is 1. The fraction of sp³-hybridized carbons (Fsp3) is 0.385. The Morgan fingerprint density at radius 1 is 1.19 bits per heavy atom. The van der Waals surface area contributed by atoms with E-state index in [1.807, 2.05) is 0 Å². The van der Waals surface area contributed by atoms with Crippen LogP contribution in [0.4, 0.5) is 5.69 Å². The minimum Gasteiger partial charge on any atom is -0.469 e. The van der Waals surface area contributed by atoms with Gasteiger partial charge in [-0.1, -0.05) is 12.1 Å². The summed E-state index contributed by atoms with van der Waals surface area (Å²) in [5.74, 6) is -2.87. The van der Waals surface area contributed by atoms with Crippen molar-refractivity contribution in [1.82, 2.24) is 0 Å². The van der Waals surface area contributed by atoms with Crippen molar-refractivity contribution in [2.24, 2.45) is 5.92 Å². The number of hydrogen-bond donors (Lipinski definition) is 1. The Kier molecular flexibility index (Phi) is 5.79. The quantitative estimate of drug-likeness (QED) is 0.460. The third-order valence-corrected chi connectivity index (χ3v) is 2.93. The molecule has 1 aromatic rings. The summed E-state index contributed by atoms with van der Waals surface area (Å²) in [4.78, 5) is 33.0. The number of rotatable bonds is 6. The second kappa shape index (κ2) is 7.34. The van der Waals surface area contributed by atoms with Crippen LogP contribution >= 0.6 is 0 Å². The average Bonchev–Trinajstić information content (AvgIpc) is 2.50. The summed E-state index contributed by atoms with van der Waals surface area (Å²) in [6, 6.07) is 5.43. The monoisotopic (exact) mass is 297 g/mol. The van der Waals surface area contributed by atoms with Gasteiger partial charge in [0.15, 0.2) is 6.10 Å². The molecule has 0 fully saturated rings. The molecule has 0 aliphatic rings. The summed E-state index contributed by atoms with van der Waals surface area (Å²) in [6.45, 7) is 0. The summed E-state index contributed by atoms with van der Waals surface area (Å²) in [7, 11) is 2.22. The Hall–Kier alpha value is -2.48. The van der Waals surface area contributed by atoms with Crippen LogP contribution in [0.1, 0.15) is 5.56 Å². The van der Waals surface area contributed by atoms with Crippen LogP contribution < -0.4 is 0 Å². The smallest absolute Gasteiger partial charge is 0.335 e. The predicted octanol–water partition coefficient (Wildman–Crippen LogP) is 0.460. The van der Waals surface area contributed by atoms with Crippen LogP contribution in [-0.4, -0.2) is 42.3 Å². The summed E-state index contributed by atoms with van der Waals surface area (Å²) in [5, 5.41) is 20.4. The summed E-state index contributed by atoms with van der Waals surface area (Å²) in [6.07, 6.45) is -1.68. The molecule has 1 aromatic carbocycles. The molecule has 8 heteroatoms. The zero-order chi connectivity index (χ0) is 16.0. The number of non-ortho nitro benzene ring substituents is 1. The lowest BCUT2D eigenvalue weighted by atomic mass is 9.94. The minimum atomic E-state index is -1.67. The first kappa shape index (κ1) is 16.6. The Bertz CT molecular complexity index is 526. The molecular weight excluding hydrogens is 282 g/mol. The van der Waals surface area contributed by atoms with Gasteiger partial charge in [-0.2, -0.15) is 0 Å². The van der Waals surface area contributed by atoms with E-state index in [4.69, 9.17) is 0 Å². The number of nitro groups is 1. The zero-order valence-corrected chi connectivity index (χ0v) is 11.5. The molecular formula is C13H15NO7. The van der Waals surface area contributed by atoms with Gasteiger partial charge < -0.3 is 14.6 Å². The number of esters is 2. The molecule has 0 bridgehead atoms. The van der Waals surface area contributed by atoms with Crippen molar-refractivity contribution in [3.05, 3.63) is 39.9 Å². The van der Waals surface area contributed by atoms with E-state index in [9.17, 15) is 24.8 Å². The molecule has 114 valence electrons. The largest absolute Gasteiger partial charge is 0.469 e. The molecule has 8 nitrogen and oxygen atoms in total. The fourth-order valence-electron chi connectivity index (χ4n) is 1.77. The molecule has 0 saturated heterocycles. The maximum atomic E-state index is 11.7. The third-order valence-electron chi connectivity index (χ3n) is 2.93. The van der Waals surface area contributed by atoms with Gasteiger partial charge in [0.25, 0.3) is 5.69 Å². The van der Waals surface area contributed by atoms with Crippen LogP contribution in [0.5, 0.6) is 0 Å². The lowest BCUT2D eigenvalue weighted by Gasteiger charge is -2.18. The molecule has 0 spiro atoms. The molecule has 0 aliphatic carbocycles. The third kappa shape index (κ3) is 4.25. The molecule has 0 amide bonds. The molecule has 0 unspecified atom stereocenters. The lowest BCUT2D eigenvalue weighted by Crippen LogP contribution is -2.37. The fourth-order valence-corrected chi connectivity index (χ4v) is 1.77. The van der Waals surface area contributed by atoms with Gasteiger partial charge in [-0.05, 0) is 12.0 Å². The van der Waals surface area contributed by atoms with E-state index < -0.39 is 28.9 Å². The topological polar surface area (TPSA) is 116 Å². The van der Waals surface area contributed by atoms with Crippen molar-refractivity contribution in [3.8, 4) is 0 Å². The number of benzene rings is 1. The number of aliphatic hydroxyl groups excluding tert-OH is 1. The number of aliphatic hydroxyl groups is 1. The lowest BCUT2D eigenvalue weighted by molar-refractivity contribution is -0.384. The summed E-state index contributed by atoms with van der Waals surface area (Å²) >= 11 is 0. The van der Waals surface area contributed by atoms with E-state index in [0.717, 1.165) is 14.2 Å². The number of carbonyl (C=O) groups excluding carboxylic acids is 2. The Balaban J connectivity index is 2.93. The highest BCUT2D eigenvalue weighted by molar-refractivity contribution is 5.83. The van der Waals surface area contributed by atoms with Gasteiger partial charge in [-0.3, -0.25) is 14.9 Å². The van der Waals surface area contributed by atoms with Gasteiger partial charge in [0.2, 0.25) is 0 Å². The van der Waals surface area contributed by atoms with Crippen molar-refractivity contribution in [2.75, 3.05) is 14.2 Å². The first-order valence-electron chi connectivity index (χ1n) is 5.97.